The van der Waals surface area contributed by atoms with Crippen molar-refractivity contribution in [3.63, 3.8) is 0 Å². The third-order valence-electron chi connectivity index (χ3n) is 3.55. The molecule has 2 rings (SSSR count). The predicted molar refractivity (Wildman–Crippen MR) is 73.8 cm³/mol. The van der Waals surface area contributed by atoms with E-state index in [1.54, 1.807) is 23.1 Å². The number of benzene rings is 1. The Balaban J connectivity index is 2.06. The van der Waals surface area contributed by atoms with Crippen molar-refractivity contribution < 1.29 is 9.18 Å². The smallest absolute Gasteiger partial charge is 0.246 e. The average Bonchev–Trinajstić information content (AvgIpc) is 2.87. The molecule has 1 saturated heterocycles. The molecule has 1 aromatic rings. The summed E-state index contributed by atoms with van der Waals surface area (Å²) in [7, 11) is 0. The summed E-state index contributed by atoms with van der Waals surface area (Å²) >= 11 is 0. The van der Waals surface area contributed by atoms with Crippen LogP contribution >= 0.6 is 0 Å². The highest BCUT2D eigenvalue weighted by Gasteiger charge is 2.24. The van der Waals surface area contributed by atoms with Crippen molar-refractivity contribution in [3.05, 3.63) is 41.7 Å². The molecule has 3 nitrogen and oxygen atoms in total. The SMILES string of the molecule is C/C(=C/C(=O)N1CCC(CN)C1)c1cccc(F)c1. The number of nitrogens with two attached hydrogens (primary N) is 1. The molecule has 0 aliphatic carbocycles. The number of carbonyl (C=O) groups excluding carboxylic acids is 1. The number of hydrogen-bond donors (Lipinski definition) is 1. The fourth-order valence-corrected chi connectivity index (χ4v) is 2.32. The van der Waals surface area contributed by atoms with Crippen LogP contribution in [-0.2, 0) is 4.79 Å². The normalized spacial score (nSPS) is 19.8. The Kier molecular flexibility index (Phi) is 4.32. The minimum atomic E-state index is -0.290. The maximum atomic E-state index is 13.1. The molecule has 1 amide bonds. The number of likely N-dealkylation sites (tertiary alicyclic amines) is 1. The van der Waals surface area contributed by atoms with Crippen LogP contribution in [0.3, 0.4) is 0 Å². The summed E-state index contributed by atoms with van der Waals surface area (Å²) in [6.07, 6.45) is 2.54. The van der Waals surface area contributed by atoms with Crippen molar-refractivity contribution in [2.24, 2.45) is 11.7 Å². The average molecular weight is 262 g/mol. The van der Waals surface area contributed by atoms with Crippen molar-refractivity contribution in [3.8, 4) is 0 Å². The number of hydrogen-bond acceptors (Lipinski definition) is 2. The van der Waals surface area contributed by atoms with E-state index in [0.29, 0.717) is 12.5 Å². The van der Waals surface area contributed by atoms with E-state index in [1.807, 2.05) is 6.92 Å². The van der Waals surface area contributed by atoms with Crippen LogP contribution in [0.5, 0.6) is 0 Å². The Morgan fingerprint density at radius 3 is 3.00 bits per heavy atom. The molecular formula is C15H19FN2O. The summed E-state index contributed by atoms with van der Waals surface area (Å²) in [4.78, 5) is 13.9. The molecule has 19 heavy (non-hydrogen) atoms. The van der Waals surface area contributed by atoms with Crippen molar-refractivity contribution in [2.75, 3.05) is 19.6 Å². The summed E-state index contributed by atoms with van der Waals surface area (Å²) in [5.41, 5.74) is 7.13. The first-order valence-electron chi connectivity index (χ1n) is 6.53. The monoisotopic (exact) mass is 262 g/mol. The Bertz CT molecular complexity index is 499. The zero-order chi connectivity index (χ0) is 13.8. The molecular weight excluding hydrogens is 243 g/mol. The number of carbonyl (C=O) groups is 1. The van der Waals surface area contributed by atoms with Crippen LogP contribution in [-0.4, -0.2) is 30.4 Å². The summed E-state index contributed by atoms with van der Waals surface area (Å²) in [5.74, 6) is 0.103. The molecule has 0 spiro atoms. The van der Waals surface area contributed by atoms with Gasteiger partial charge in [0.15, 0.2) is 0 Å². The molecule has 0 bridgehead atoms. The molecule has 2 N–H and O–H groups in total. The van der Waals surface area contributed by atoms with Crippen LogP contribution in [0.4, 0.5) is 4.39 Å². The predicted octanol–water partition coefficient (Wildman–Crippen LogP) is 2.04. The highest BCUT2D eigenvalue weighted by atomic mass is 19.1. The van der Waals surface area contributed by atoms with Crippen molar-refractivity contribution in [1.29, 1.82) is 0 Å². The van der Waals surface area contributed by atoms with Gasteiger partial charge in [0, 0.05) is 19.2 Å². The number of allylic oxidation sites excluding steroid dienone is 1. The Labute approximate surface area is 112 Å². The summed E-state index contributed by atoms with van der Waals surface area (Å²) in [6, 6.07) is 6.28. The Morgan fingerprint density at radius 2 is 2.37 bits per heavy atom. The molecule has 0 aromatic heterocycles. The molecule has 1 heterocycles. The molecule has 102 valence electrons. The van der Waals surface area contributed by atoms with Crippen LogP contribution < -0.4 is 5.73 Å². The van der Waals surface area contributed by atoms with Crippen LogP contribution in [0.25, 0.3) is 5.57 Å². The van der Waals surface area contributed by atoms with E-state index in [9.17, 15) is 9.18 Å². The van der Waals surface area contributed by atoms with E-state index in [2.05, 4.69) is 0 Å². The molecule has 1 aliphatic heterocycles. The maximum Gasteiger partial charge on any atom is 0.246 e. The van der Waals surface area contributed by atoms with E-state index in [-0.39, 0.29) is 11.7 Å². The first-order valence-corrected chi connectivity index (χ1v) is 6.53. The van der Waals surface area contributed by atoms with Gasteiger partial charge in [-0.15, -0.1) is 0 Å². The zero-order valence-electron chi connectivity index (χ0n) is 11.1. The van der Waals surface area contributed by atoms with Crippen molar-refractivity contribution >= 4 is 11.5 Å². The van der Waals surface area contributed by atoms with Crippen LogP contribution in [0, 0.1) is 11.7 Å². The Hall–Kier alpha value is -1.68. The highest BCUT2D eigenvalue weighted by molar-refractivity contribution is 5.95. The van der Waals surface area contributed by atoms with Crippen molar-refractivity contribution in [2.45, 2.75) is 13.3 Å². The van der Waals surface area contributed by atoms with Gasteiger partial charge < -0.3 is 10.6 Å². The number of halogens is 1. The lowest BCUT2D eigenvalue weighted by atomic mass is 10.1. The second-order valence-electron chi connectivity index (χ2n) is 5.01. The maximum absolute atomic E-state index is 13.1. The molecule has 0 radical (unpaired) electrons. The lowest BCUT2D eigenvalue weighted by molar-refractivity contribution is -0.125. The van der Waals surface area contributed by atoms with Gasteiger partial charge in [0.2, 0.25) is 5.91 Å². The molecule has 1 aromatic carbocycles. The number of rotatable bonds is 3. The quantitative estimate of drug-likeness (QED) is 0.847. The second kappa shape index (κ2) is 5.97. The summed E-state index contributed by atoms with van der Waals surface area (Å²) in [5, 5.41) is 0. The van der Waals surface area contributed by atoms with Gasteiger partial charge in [0.05, 0.1) is 0 Å². The molecule has 0 saturated carbocycles. The Morgan fingerprint density at radius 1 is 1.58 bits per heavy atom. The van der Waals surface area contributed by atoms with E-state index in [4.69, 9.17) is 5.73 Å². The molecule has 1 fully saturated rings. The second-order valence-corrected chi connectivity index (χ2v) is 5.01. The summed E-state index contributed by atoms with van der Waals surface area (Å²) in [6.45, 7) is 3.93. The topological polar surface area (TPSA) is 46.3 Å². The van der Waals surface area contributed by atoms with Gasteiger partial charge >= 0.3 is 0 Å². The van der Waals surface area contributed by atoms with Crippen LogP contribution in [0.2, 0.25) is 0 Å². The van der Waals surface area contributed by atoms with E-state index < -0.39 is 0 Å². The third-order valence-corrected chi connectivity index (χ3v) is 3.55. The minimum absolute atomic E-state index is 0.0160. The van der Waals surface area contributed by atoms with Gasteiger partial charge in [0.25, 0.3) is 0 Å². The van der Waals surface area contributed by atoms with Gasteiger partial charge in [-0.1, -0.05) is 12.1 Å². The molecule has 1 aliphatic rings. The summed E-state index contributed by atoms with van der Waals surface area (Å²) < 4.78 is 13.1. The van der Waals surface area contributed by atoms with Crippen molar-refractivity contribution in [1.82, 2.24) is 4.90 Å². The van der Waals surface area contributed by atoms with Gasteiger partial charge in [-0.3, -0.25) is 4.79 Å². The fourth-order valence-electron chi connectivity index (χ4n) is 2.32. The fraction of sp³-hybridized carbons (Fsp3) is 0.400. The first kappa shape index (κ1) is 13.7. The van der Waals surface area contributed by atoms with Gasteiger partial charge in [-0.25, -0.2) is 4.39 Å². The van der Waals surface area contributed by atoms with Gasteiger partial charge in [0.1, 0.15) is 5.82 Å². The lowest BCUT2D eigenvalue weighted by Gasteiger charge is -2.14. The molecule has 1 atom stereocenters. The third kappa shape index (κ3) is 3.41. The van der Waals surface area contributed by atoms with Gasteiger partial charge in [-0.2, -0.15) is 0 Å². The van der Waals surface area contributed by atoms with E-state index >= 15 is 0 Å². The van der Waals surface area contributed by atoms with Crippen LogP contribution in [0.1, 0.15) is 18.9 Å². The van der Waals surface area contributed by atoms with E-state index in [1.165, 1.54) is 12.1 Å². The van der Waals surface area contributed by atoms with Gasteiger partial charge in [-0.05, 0) is 49.1 Å². The zero-order valence-corrected chi connectivity index (χ0v) is 11.1. The largest absolute Gasteiger partial charge is 0.339 e. The first-order chi connectivity index (χ1) is 9.10. The lowest BCUT2D eigenvalue weighted by Crippen LogP contribution is -2.28. The number of nitrogens with zero attached hydrogens (tertiary/aromatic N) is 1. The number of amides is 1. The van der Waals surface area contributed by atoms with Crippen LogP contribution in [0.15, 0.2) is 30.3 Å². The minimum Gasteiger partial charge on any atom is -0.339 e. The standard InChI is InChI=1S/C15H19FN2O/c1-11(13-3-2-4-14(16)8-13)7-15(19)18-6-5-12(9-17)10-18/h2-4,7-8,12H,5-6,9-10,17H2,1H3/b11-7-. The van der Waals surface area contributed by atoms with E-state index in [0.717, 1.165) is 30.6 Å². The highest BCUT2D eigenvalue weighted by Crippen LogP contribution is 2.18. The molecule has 4 heteroatoms. The molecule has 1 unspecified atom stereocenters.